The molecule has 1 N–H and O–H groups in total. The molecule has 1 aromatic heterocycles. The molecule has 0 aliphatic heterocycles. The molecule has 0 aliphatic rings. The molecule has 0 saturated heterocycles. The maximum absolute atomic E-state index is 13.5. The molecule has 1 unspecified atom stereocenters. The Hall–Kier alpha value is -2.66. The Bertz CT molecular complexity index is 1180. The van der Waals surface area contributed by atoms with E-state index in [9.17, 15) is 13.5 Å². The number of aliphatic hydroxyl groups is 1. The van der Waals surface area contributed by atoms with Crippen molar-refractivity contribution < 1.29 is 27.7 Å². The Morgan fingerprint density at radius 3 is 2.41 bits per heavy atom. The van der Waals surface area contributed by atoms with Gasteiger partial charge in [0.1, 0.15) is 17.4 Å². The van der Waals surface area contributed by atoms with Gasteiger partial charge in [-0.25, -0.2) is 13.4 Å². The predicted molar refractivity (Wildman–Crippen MR) is 131 cm³/mol. The summed E-state index contributed by atoms with van der Waals surface area (Å²) >= 11 is 1.40. The molecule has 3 rings (SSSR count). The summed E-state index contributed by atoms with van der Waals surface area (Å²) < 4.78 is 45.0. The SMILES string of the molecule is CCC(C)N(Cc1ccc(OC)c(OCc2nc(CO)cs2)c1)S(=O)(=O)c1ccc(OC)cc1. The number of sulfonamides is 1. The highest BCUT2D eigenvalue weighted by atomic mass is 32.2. The van der Waals surface area contributed by atoms with Gasteiger partial charge in [-0.3, -0.25) is 0 Å². The molecule has 0 spiro atoms. The Morgan fingerprint density at radius 2 is 1.82 bits per heavy atom. The van der Waals surface area contributed by atoms with E-state index in [2.05, 4.69) is 4.98 Å². The van der Waals surface area contributed by atoms with Crippen LogP contribution in [0.15, 0.2) is 52.7 Å². The maximum atomic E-state index is 13.5. The van der Waals surface area contributed by atoms with Crippen LogP contribution in [-0.4, -0.2) is 43.1 Å². The minimum absolute atomic E-state index is 0.122. The summed E-state index contributed by atoms with van der Waals surface area (Å²) in [6.07, 6.45) is 0.659. The summed E-state index contributed by atoms with van der Waals surface area (Å²) in [4.78, 5) is 4.50. The van der Waals surface area contributed by atoms with Gasteiger partial charge in [-0.2, -0.15) is 4.31 Å². The van der Waals surface area contributed by atoms with Crippen LogP contribution in [0.25, 0.3) is 0 Å². The second-order valence-corrected chi connectivity index (χ2v) is 10.5. The Kier molecular flexibility index (Phi) is 8.90. The van der Waals surface area contributed by atoms with E-state index in [1.54, 1.807) is 56.0 Å². The molecule has 0 aliphatic carbocycles. The molecular formula is C24H30N2O6S2. The number of benzene rings is 2. The molecular weight excluding hydrogens is 476 g/mol. The van der Waals surface area contributed by atoms with Gasteiger partial charge in [0.15, 0.2) is 11.5 Å². The van der Waals surface area contributed by atoms with Gasteiger partial charge in [0.25, 0.3) is 0 Å². The highest BCUT2D eigenvalue weighted by Crippen LogP contribution is 2.31. The average Bonchev–Trinajstić information content (AvgIpc) is 3.33. The van der Waals surface area contributed by atoms with Gasteiger partial charge in [-0.05, 0) is 55.3 Å². The Labute approximate surface area is 204 Å². The second-order valence-electron chi connectivity index (χ2n) is 7.65. The molecule has 1 atom stereocenters. The summed E-state index contributed by atoms with van der Waals surface area (Å²) in [5.41, 5.74) is 1.36. The lowest BCUT2D eigenvalue weighted by molar-refractivity contribution is 0.271. The zero-order valence-electron chi connectivity index (χ0n) is 19.7. The van der Waals surface area contributed by atoms with Crippen molar-refractivity contribution in [1.82, 2.24) is 9.29 Å². The van der Waals surface area contributed by atoms with Crippen molar-refractivity contribution in [2.75, 3.05) is 14.2 Å². The van der Waals surface area contributed by atoms with Crippen LogP contribution in [0.4, 0.5) is 0 Å². The van der Waals surface area contributed by atoms with Crippen molar-refractivity contribution in [2.24, 2.45) is 0 Å². The Balaban J connectivity index is 1.86. The van der Waals surface area contributed by atoms with Crippen LogP contribution < -0.4 is 14.2 Å². The van der Waals surface area contributed by atoms with Crippen LogP contribution in [0.1, 0.15) is 36.5 Å². The number of aromatic nitrogens is 1. The number of thiazole rings is 1. The molecule has 0 fully saturated rings. The number of hydrogen-bond acceptors (Lipinski definition) is 8. The van der Waals surface area contributed by atoms with E-state index in [1.807, 2.05) is 19.9 Å². The topological polar surface area (TPSA) is 98.2 Å². The lowest BCUT2D eigenvalue weighted by Gasteiger charge is -2.28. The standard InChI is InChI=1S/C24H30N2O6S2/c1-5-17(2)26(34(28,29)21-9-7-20(30-3)8-10-21)13-18-6-11-22(31-4)23(12-18)32-15-24-25-19(14-27)16-33-24/h6-12,16-17,27H,5,13-15H2,1-4H3. The first-order chi connectivity index (χ1) is 16.3. The number of methoxy groups -OCH3 is 2. The number of aliphatic hydroxyl groups excluding tert-OH is 1. The van der Waals surface area contributed by atoms with Crippen molar-refractivity contribution in [3.63, 3.8) is 0 Å². The van der Waals surface area contributed by atoms with Gasteiger partial charge < -0.3 is 19.3 Å². The molecule has 1 heterocycles. The molecule has 2 aromatic carbocycles. The fraction of sp³-hybridized carbons (Fsp3) is 0.375. The molecule has 184 valence electrons. The van der Waals surface area contributed by atoms with E-state index in [0.717, 1.165) is 10.6 Å². The van der Waals surface area contributed by atoms with E-state index >= 15 is 0 Å². The summed E-state index contributed by atoms with van der Waals surface area (Å²) in [5, 5.41) is 11.7. The van der Waals surface area contributed by atoms with Crippen LogP contribution >= 0.6 is 11.3 Å². The number of rotatable bonds is 12. The van der Waals surface area contributed by atoms with Crippen LogP contribution in [0.3, 0.4) is 0 Å². The first kappa shape index (κ1) is 26.0. The molecule has 8 nitrogen and oxygen atoms in total. The van der Waals surface area contributed by atoms with E-state index in [4.69, 9.17) is 14.2 Å². The Morgan fingerprint density at radius 1 is 1.09 bits per heavy atom. The van der Waals surface area contributed by atoms with Crippen molar-refractivity contribution >= 4 is 21.4 Å². The van der Waals surface area contributed by atoms with Crippen molar-refractivity contribution in [2.45, 2.75) is 51.0 Å². The molecule has 0 bridgehead atoms. The monoisotopic (exact) mass is 506 g/mol. The number of nitrogens with zero attached hydrogens (tertiary/aromatic N) is 2. The lowest BCUT2D eigenvalue weighted by atomic mass is 10.1. The second kappa shape index (κ2) is 11.7. The number of ether oxygens (including phenoxy) is 3. The van der Waals surface area contributed by atoms with Gasteiger partial charge in [-0.1, -0.05) is 13.0 Å². The van der Waals surface area contributed by atoms with Crippen molar-refractivity contribution in [1.29, 1.82) is 0 Å². The largest absolute Gasteiger partial charge is 0.497 e. The van der Waals surface area contributed by atoms with E-state index in [-0.39, 0.29) is 30.7 Å². The quantitative estimate of drug-likeness (QED) is 0.393. The molecule has 34 heavy (non-hydrogen) atoms. The summed E-state index contributed by atoms with van der Waals surface area (Å²) in [6, 6.07) is 11.6. The normalized spacial score (nSPS) is 12.5. The third-order valence-corrected chi connectivity index (χ3v) is 8.27. The van der Waals surface area contributed by atoms with Gasteiger partial charge in [0, 0.05) is 18.0 Å². The summed E-state index contributed by atoms with van der Waals surface area (Å²) in [7, 11) is -0.655. The molecule has 0 saturated carbocycles. The smallest absolute Gasteiger partial charge is 0.243 e. The third kappa shape index (κ3) is 6.06. The zero-order chi connectivity index (χ0) is 24.7. The predicted octanol–water partition coefficient (Wildman–Crippen LogP) is 4.22. The summed E-state index contributed by atoms with van der Waals surface area (Å²) in [5.74, 6) is 1.62. The van der Waals surface area contributed by atoms with E-state index in [1.165, 1.54) is 15.6 Å². The molecule has 10 heteroatoms. The molecule has 3 aromatic rings. The minimum Gasteiger partial charge on any atom is -0.497 e. The zero-order valence-corrected chi connectivity index (χ0v) is 21.4. The van der Waals surface area contributed by atoms with E-state index in [0.29, 0.717) is 29.4 Å². The van der Waals surface area contributed by atoms with E-state index < -0.39 is 10.0 Å². The maximum Gasteiger partial charge on any atom is 0.243 e. The van der Waals surface area contributed by atoms with Crippen molar-refractivity contribution in [3.05, 3.63) is 64.1 Å². The van der Waals surface area contributed by atoms with Crippen LogP contribution in [0.2, 0.25) is 0 Å². The van der Waals surface area contributed by atoms with Gasteiger partial charge in [0.05, 0.1) is 31.4 Å². The third-order valence-electron chi connectivity index (χ3n) is 5.43. The highest BCUT2D eigenvalue weighted by molar-refractivity contribution is 7.89. The molecule has 0 amide bonds. The van der Waals surface area contributed by atoms with Crippen LogP contribution in [0, 0.1) is 0 Å². The molecule has 0 radical (unpaired) electrons. The highest BCUT2D eigenvalue weighted by Gasteiger charge is 2.29. The first-order valence-corrected chi connectivity index (χ1v) is 13.1. The van der Waals surface area contributed by atoms with Gasteiger partial charge in [-0.15, -0.1) is 11.3 Å². The number of hydrogen-bond donors (Lipinski definition) is 1. The van der Waals surface area contributed by atoms with Gasteiger partial charge >= 0.3 is 0 Å². The van der Waals surface area contributed by atoms with Gasteiger partial charge in [0.2, 0.25) is 10.0 Å². The minimum atomic E-state index is -3.75. The summed E-state index contributed by atoms with van der Waals surface area (Å²) in [6.45, 7) is 4.12. The first-order valence-electron chi connectivity index (χ1n) is 10.8. The van der Waals surface area contributed by atoms with Crippen LogP contribution in [-0.2, 0) is 29.8 Å². The fourth-order valence-electron chi connectivity index (χ4n) is 3.30. The van der Waals surface area contributed by atoms with Crippen molar-refractivity contribution in [3.8, 4) is 17.2 Å². The van der Waals surface area contributed by atoms with Crippen LogP contribution in [0.5, 0.6) is 17.2 Å². The lowest BCUT2D eigenvalue weighted by Crippen LogP contribution is -2.37. The average molecular weight is 507 g/mol. The fourth-order valence-corrected chi connectivity index (χ4v) is 5.69.